The van der Waals surface area contributed by atoms with Gasteiger partial charge in [-0.25, -0.2) is 8.42 Å². The number of sulfonamides is 1. The lowest BCUT2D eigenvalue weighted by molar-refractivity contribution is 0.599. The van der Waals surface area contributed by atoms with Gasteiger partial charge in [0.15, 0.2) is 0 Å². The van der Waals surface area contributed by atoms with Crippen molar-refractivity contribution in [3.63, 3.8) is 0 Å². The highest BCUT2D eigenvalue weighted by atomic mass is 35.5. The van der Waals surface area contributed by atoms with Crippen molar-refractivity contribution in [2.24, 2.45) is 0 Å². The Morgan fingerprint density at radius 3 is 2.67 bits per heavy atom. The average molecular weight is 345 g/mol. The molecule has 0 aliphatic heterocycles. The fourth-order valence-electron chi connectivity index (χ4n) is 2.04. The van der Waals surface area contributed by atoms with Gasteiger partial charge in [-0.3, -0.25) is 4.72 Å². The lowest BCUT2D eigenvalue weighted by Gasteiger charge is -2.13. The normalized spacial score (nSPS) is 11.6. The molecule has 2 N–H and O–H groups in total. The van der Waals surface area contributed by atoms with Crippen LogP contribution in [0.4, 0.5) is 5.69 Å². The Balaban J connectivity index is 2.44. The second-order valence-electron chi connectivity index (χ2n) is 4.72. The highest BCUT2D eigenvalue weighted by Gasteiger charge is 2.23. The van der Waals surface area contributed by atoms with Crippen molar-refractivity contribution in [3.8, 4) is 0 Å². The topological polar surface area (TPSA) is 58.2 Å². The Morgan fingerprint density at radius 1 is 1.29 bits per heavy atom. The van der Waals surface area contributed by atoms with Gasteiger partial charge < -0.3 is 5.32 Å². The summed E-state index contributed by atoms with van der Waals surface area (Å²) < 4.78 is 28.0. The Kier molecular flexibility index (Phi) is 4.93. The number of hydrogen-bond donors (Lipinski definition) is 2. The van der Waals surface area contributed by atoms with E-state index in [1.807, 2.05) is 5.38 Å². The van der Waals surface area contributed by atoms with Crippen LogP contribution >= 0.6 is 22.9 Å². The van der Waals surface area contributed by atoms with Crippen molar-refractivity contribution in [2.75, 3.05) is 11.8 Å². The molecular formula is C14H17ClN2O2S2. The summed E-state index contributed by atoms with van der Waals surface area (Å²) in [4.78, 5) is 1.14. The molecule has 4 nitrogen and oxygen atoms in total. The molecule has 7 heteroatoms. The zero-order chi connectivity index (χ0) is 15.6. The minimum Gasteiger partial charge on any atom is -0.315 e. The first kappa shape index (κ1) is 16.3. The summed E-state index contributed by atoms with van der Waals surface area (Å²) >= 11 is 7.47. The molecule has 0 atom stereocenters. The van der Waals surface area contributed by atoms with E-state index in [2.05, 4.69) is 10.0 Å². The third-order valence-electron chi connectivity index (χ3n) is 3.11. The van der Waals surface area contributed by atoms with E-state index in [0.29, 0.717) is 27.7 Å². The van der Waals surface area contributed by atoms with Gasteiger partial charge in [-0.1, -0.05) is 17.7 Å². The lowest BCUT2D eigenvalue weighted by atomic mass is 10.2. The molecule has 0 amide bonds. The van der Waals surface area contributed by atoms with Crippen molar-refractivity contribution in [1.82, 2.24) is 5.32 Å². The summed E-state index contributed by atoms with van der Waals surface area (Å²) in [6.07, 6.45) is 0. The molecular weight excluding hydrogens is 328 g/mol. The summed E-state index contributed by atoms with van der Waals surface area (Å²) in [5, 5.41) is 5.38. The number of benzene rings is 1. The van der Waals surface area contributed by atoms with E-state index in [9.17, 15) is 8.42 Å². The number of hydrogen-bond acceptors (Lipinski definition) is 4. The lowest BCUT2D eigenvalue weighted by Crippen LogP contribution is -2.17. The predicted octanol–water partition coefficient (Wildman–Crippen LogP) is 3.54. The standard InChI is InChI=1S/C14H17ClN2O2S2/c1-9-8-20-13(7-16-3)14(9)21(18,19)17-12-6-4-5-11(15)10(12)2/h4-6,8,16-17H,7H2,1-3H3. The number of nitrogens with one attached hydrogen (secondary N) is 2. The van der Waals surface area contributed by atoms with Gasteiger partial charge in [0.1, 0.15) is 4.90 Å². The molecule has 0 unspecified atom stereocenters. The van der Waals surface area contributed by atoms with Gasteiger partial charge in [0.2, 0.25) is 0 Å². The molecule has 0 saturated carbocycles. The Labute approximate surface area is 134 Å². The number of thiophene rings is 1. The predicted molar refractivity (Wildman–Crippen MR) is 88.8 cm³/mol. The molecule has 2 aromatic rings. The highest BCUT2D eigenvalue weighted by molar-refractivity contribution is 7.93. The SMILES string of the molecule is CNCc1scc(C)c1S(=O)(=O)Nc1cccc(Cl)c1C. The third kappa shape index (κ3) is 3.40. The first-order valence-electron chi connectivity index (χ1n) is 6.36. The van der Waals surface area contributed by atoms with Crippen LogP contribution in [0.2, 0.25) is 5.02 Å². The maximum atomic E-state index is 12.7. The molecule has 0 aliphatic carbocycles. The Hall–Kier alpha value is -1.08. The van der Waals surface area contributed by atoms with Gasteiger partial charge in [-0.15, -0.1) is 11.3 Å². The summed E-state index contributed by atoms with van der Waals surface area (Å²) in [5.41, 5.74) is 1.96. The Morgan fingerprint density at radius 2 is 2.00 bits per heavy atom. The van der Waals surface area contributed by atoms with Crippen LogP contribution in [0.1, 0.15) is 16.0 Å². The quantitative estimate of drug-likeness (QED) is 0.872. The largest absolute Gasteiger partial charge is 0.315 e. The molecule has 0 spiro atoms. The Bertz CT molecular complexity index is 754. The van der Waals surface area contributed by atoms with E-state index < -0.39 is 10.0 Å². The maximum Gasteiger partial charge on any atom is 0.263 e. The van der Waals surface area contributed by atoms with E-state index in [1.165, 1.54) is 11.3 Å². The van der Waals surface area contributed by atoms with Crippen molar-refractivity contribution in [3.05, 3.63) is 44.6 Å². The van der Waals surface area contributed by atoms with E-state index in [4.69, 9.17) is 11.6 Å². The van der Waals surface area contributed by atoms with Crippen LogP contribution in [-0.4, -0.2) is 15.5 Å². The van der Waals surface area contributed by atoms with E-state index in [0.717, 1.165) is 10.4 Å². The summed E-state index contributed by atoms with van der Waals surface area (Å²) in [6, 6.07) is 5.16. The molecule has 2 rings (SSSR count). The van der Waals surface area contributed by atoms with Gasteiger partial charge in [-0.05, 0) is 49.5 Å². The van der Waals surface area contributed by atoms with Gasteiger partial charge in [0.25, 0.3) is 10.0 Å². The molecule has 1 heterocycles. The average Bonchev–Trinajstić information content (AvgIpc) is 2.77. The second-order valence-corrected chi connectivity index (χ2v) is 7.71. The number of anilines is 1. The van der Waals surface area contributed by atoms with Crippen LogP contribution < -0.4 is 10.0 Å². The zero-order valence-corrected chi connectivity index (χ0v) is 14.4. The summed E-state index contributed by atoms with van der Waals surface area (Å²) in [7, 11) is -1.84. The fourth-order valence-corrected chi connectivity index (χ4v) is 5.17. The minimum absolute atomic E-state index is 0.348. The van der Waals surface area contributed by atoms with Gasteiger partial charge in [0.05, 0.1) is 5.69 Å². The van der Waals surface area contributed by atoms with E-state index in [1.54, 1.807) is 39.1 Å². The van der Waals surface area contributed by atoms with Crippen LogP contribution in [0.15, 0.2) is 28.5 Å². The molecule has 0 saturated heterocycles. The van der Waals surface area contributed by atoms with Crippen molar-refractivity contribution >= 4 is 38.6 Å². The van der Waals surface area contributed by atoms with Crippen LogP contribution in [-0.2, 0) is 16.6 Å². The smallest absolute Gasteiger partial charge is 0.263 e. The van der Waals surface area contributed by atoms with Gasteiger partial charge in [-0.2, -0.15) is 0 Å². The molecule has 0 radical (unpaired) electrons. The molecule has 0 aliphatic rings. The molecule has 114 valence electrons. The van der Waals surface area contributed by atoms with Gasteiger partial charge >= 0.3 is 0 Å². The monoisotopic (exact) mass is 344 g/mol. The van der Waals surface area contributed by atoms with Crippen molar-refractivity contribution < 1.29 is 8.42 Å². The summed E-state index contributed by atoms with van der Waals surface area (Å²) in [5.74, 6) is 0. The molecule has 0 bridgehead atoms. The number of rotatable bonds is 5. The van der Waals surface area contributed by atoms with Crippen LogP contribution in [0.3, 0.4) is 0 Å². The first-order chi connectivity index (χ1) is 9.86. The number of aryl methyl sites for hydroxylation is 1. The van der Waals surface area contributed by atoms with Crippen molar-refractivity contribution in [1.29, 1.82) is 0 Å². The van der Waals surface area contributed by atoms with E-state index in [-0.39, 0.29) is 0 Å². The van der Waals surface area contributed by atoms with Crippen LogP contribution in [0.25, 0.3) is 0 Å². The van der Waals surface area contributed by atoms with Crippen LogP contribution in [0.5, 0.6) is 0 Å². The van der Waals surface area contributed by atoms with Crippen molar-refractivity contribution in [2.45, 2.75) is 25.3 Å². The third-order valence-corrected chi connectivity index (χ3v) is 6.34. The minimum atomic E-state index is -3.63. The second kappa shape index (κ2) is 6.36. The maximum absolute atomic E-state index is 12.7. The number of halogens is 1. The highest BCUT2D eigenvalue weighted by Crippen LogP contribution is 2.30. The van der Waals surface area contributed by atoms with Crippen LogP contribution in [0, 0.1) is 13.8 Å². The molecule has 1 aromatic carbocycles. The summed E-state index contributed by atoms with van der Waals surface area (Å²) in [6.45, 7) is 4.10. The van der Waals surface area contributed by atoms with E-state index >= 15 is 0 Å². The molecule has 0 fully saturated rings. The molecule has 21 heavy (non-hydrogen) atoms. The fraction of sp³-hybridized carbons (Fsp3) is 0.286. The zero-order valence-electron chi connectivity index (χ0n) is 12.0. The van der Waals surface area contributed by atoms with Gasteiger partial charge in [0, 0.05) is 16.4 Å². The molecule has 1 aromatic heterocycles. The first-order valence-corrected chi connectivity index (χ1v) is 9.10.